The number of hydrogen-bond donors (Lipinski definition) is 3. The fraction of sp³-hybridized carbons (Fsp3) is 0.250. The van der Waals surface area contributed by atoms with Gasteiger partial charge in [-0.1, -0.05) is 61.5 Å². The number of aromatic hydroxyl groups is 1. The van der Waals surface area contributed by atoms with E-state index in [1.165, 1.54) is 0 Å². The Morgan fingerprint density at radius 3 is 2.49 bits per heavy atom. The minimum absolute atomic E-state index is 0.0552. The van der Waals surface area contributed by atoms with E-state index in [9.17, 15) is 18.3 Å². The van der Waals surface area contributed by atoms with E-state index in [0.29, 0.717) is 28.9 Å². The number of para-hydroxylation sites is 2. The molecule has 2 aromatic heterocycles. The van der Waals surface area contributed by atoms with Crippen LogP contribution in [0.5, 0.6) is 5.75 Å². The Hall–Kier alpha value is -4.37. The molecule has 6 rings (SSSR count). The standard InChI is InChI=1S/C32H31N3O5S/c1-2-21(17-20-9-4-3-5-10-20)28-19-27(36)30(31(37)40-28)29(22-15-16-22)23-11-8-12-24(18-23)35-41(38,39)32-33-25-13-6-7-14-26(25)34-32/h3-14,18-19,21-22,29,35-36H,2,15-17H2,1H3,(H,33,34). The molecule has 0 bridgehead atoms. The number of H-pyrrole nitrogens is 1. The van der Waals surface area contributed by atoms with E-state index < -0.39 is 21.6 Å². The van der Waals surface area contributed by atoms with Crippen molar-refractivity contribution in [1.82, 2.24) is 9.97 Å². The highest BCUT2D eigenvalue weighted by Crippen LogP contribution is 2.48. The molecule has 0 radical (unpaired) electrons. The second-order valence-corrected chi connectivity index (χ2v) is 12.2. The number of aromatic amines is 1. The van der Waals surface area contributed by atoms with Gasteiger partial charge in [0.1, 0.15) is 11.5 Å². The summed E-state index contributed by atoms with van der Waals surface area (Å²) in [6, 6.07) is 25.6. The Morgan fingerprint density at radius 2 is 1.78 bits per heavy atom. The number of anilines is 1. The third kappa shape index (κ3) is 5.63. The van der Waals surface area contributed by atoms with Crippen LogP contribution in [0.1, 0.15) is 60.5 Å². The molecular formula is C32H31N3O5S. The molecule has 2 unspecified atom stereocenters. The molecule has 0 amide bonds. The van der Waals surface area contributed by atoms with Crippen molar-refractivity contribution >= 4 is 26.7 Å². The van der Waals surface area contributed by atoms with Gasteiger partial charge in [-0.05, 0) is 67.0 Å². The first-order valence-corrected chi connectivity index (χ1v) is 15.3. The van der Waals surface area contributed by atoms with Gasteiger partial charge in [0.15, 0.2) is 0 Å². The van der Waals surface area contributed by atoms with Crippen molar-refractivity contribution < 1.29 is 17.9 Å². The maximum absolute atomic E-state index is 13.4. The number of sulfonamides is 1. The summed E-state index contributed by atoms with van der Waals surface area (Å²) < 4.78 is 34.7. The average molecular weight is 570 g/mol. The fourth-order valence-electron chi connectivity index (χ4n) is 5.50. The van der Waals surface area contributed by atoms with Gasteiger partial charge >= 0.3 is 5.63 Å². The number of nitrogens with one attached hydrogen (secondary N) is 2. The first-order valence-electron chi connectivity index (χ1n) is 13.8. The first kappa shape index (κ1) is 26.8. The van der Waals surface area contributed by atoms with E-state index in [0.717, 1.165) is 30.4 Å². The van der Waals surface area contributed by atoms with Crippen LogP contribution in [0.3, 0.4) is 0 Å². The quantitative estimate of drug-likeness (QED) is 0.181. The zero-order valence-corrected chi connectivity index (χ0v) is 23.4. The Balaban J connectivity index is 1.30. The SMILES string of the molecule is CCC(Cc1ccccc1)c1cc(O)c(C(c2cccc(NS(=O)(=O)c3nc4ccccc4[nH]3)c2)C2CC2)c(=O)o1. The third-order valence-electron chi connectivity index (χ3n) is 7.73. The van der Waals surface area contributed by atoms with Crippen LogP contribution in [-0.4, -0.2) is 23.5 Å². The third-order valence-corrected chi connectivity index (χ3v) is 8.94. The Labute approximate surface area is 238 Å². The van der Waals surface area contributed by atoms with E-state index in [1.807, 2.05) is 43.3 Å². The number of nitrogens with zero attached hydrogens (tertiary/aromatic N) is 1. The lowest BCUT2D eigenvalue weighted by molar-refractivity contribution is 0.379. The average Bonchev–Trinajstić information content (AvgIpc) is 3.70. The van der Waals surface area contributed by atoms with Gasteiger partial charge in [-0.25, -0.2) is 9.78 Å². The minimum atomic E-state index is -3.99. The number of imidazole rings is 1. The molecule has 0 aliphatic heterocycles. The minimum Gasteiger partial charge on any atom is -0.507 e. The lowest BCUT2D eigenvalue weighted by Gasteiger charge is -2.20. The van der Waals surface area contributed by atoms with Crippen LogP contribution in [0.2, 0.25) is 0 Å². The zero-order valence-electron chi connectivity index (χ0n) is 22.6. The Morgan fingerprint density at radius 1 is 1.02 bits per heavy atom. The lowest BCUT2D eigenvalue weighted by Crippen LogP contribution is -2.18. The summed E-state index contributed by atoms with van der Waals surface area (Å²) in [4.78, 5) is 20.5. The van der Waals surface area contributed by atoms with Gasteiger partial charge < -0.3 is 14.5 Å². The Kier molecular flexibility index (Phi) is 7.13. The van der Waals surface area contributed by atoms with Crippen molar-refractivity contribution in [3.63, 3.8) is 0 Å². The molecule has 1 saturated carbocycles. The van der Waals surface area contributed by atoms with Crippen LogP contribution in [-0.2, 0) is 16.4 Å². The maximum atomic E-state index is 13.4. The summed E-state index contributed by atoms with van der Waals surface area (Å²) in [5.74, 6) is 0.0335. The highest BCUT2D eigenvalue weighted by Gasteiger charge is 2.38. The van der Waals surface area contributed by atoms with Gasteiger partial charge in [0.05, 0.1) is 16.6 Å². The number of benzene rings is 3. The van der Waals surface area contributed by atoms with E-state index in [2.05, 4.69) is 14.7 Å². The molecule has 3 aromatic carbocycles. The van der Waals surface area contributed by atoms with E-state index in [-0.39, 0.29) is 28.3 Å². The summed E-state index contributed by atoms with van der Waals surface area (Å²) in [7, 11) is -3.99. The second-order valence-electron chi connectivity index (χ2n) is 10.6. The van der Waals surface area contributed by atoms with Crippen LogP contribution < -0.4 is 10.3 Å². The van der Waals surface area contributed by atoms with E-state index >= 15 is 0 Å². The van der Waals surface area contributed by atoms with E-state index in [4.69, 9.17) is 4.42 Å². The summed E-state index contributed by atoms with van der Waals surface area (Å²) in [6.07, 6.45) is 3.23. The molecule has 1 aliphatic carbocycles. The van der Waals surface area contributed by atoms with Crippen molar-refractivity contribution in [3.8, 4) is 5.75 Å². The highest BCUT2D eigenvalue weighted by atomic mass is 32.2. The van der Waals surface area contributed by atoms with Crippen LogP contribution in [0.4, 0.5) is 5.69 Å². The van der Waals surface area contributed by atoms with Crippen molar-refractivity contribution in [2.75, 3.05) is 4.72 Å². The summed E-state index contributed by atoms with van der Waals surface area (Å²) in [6.45, 7) is 2.03. The van der Waals surface area contributed by atoms with Crippen molar-refractivity contribution in [1.29, 1.82) is 0 Å². The predicted molar refractivity (Wildman–Crippen MR) is 158 cm³/mol. The van der Waals surface area contributed by atoms with Crippen molar-refractivity contribution in [2.24, 2.45) is 5.92 Å². The molecule has 1 aliphatic rings. The molecule has 9 heteroatoms. The van der Waals surface area contributed by atoms with Crippen LogP contribution in [0, 0.1) is 5.92 Å². The zero-order chi connectivity index (χ0) is 28.6. The molecule has 1 fully saturated rings. The predicted octanol–water partition coefficient (Wildman–Crippen LogP) is 6.30. The largest absolute Gasteiger partial charge is 0.507 e. The van der Waals surface area contributed by atoms with Crippen molar-refractivity contribution in [2.45, 2.75) is 49.6 Å². The van der Waals surface area contributed by atoms with Gasteiger partial charge in [-0.2, -0.15) is 8.42 Å². The first-order chi connectivity index (χ1) is 19.8. The molecule has 0 spiro atoms. The molecule has 8 nitrogen and oxygen atoms in total. The molecule has 41 heavy (non-hydrogen) atoms. The number of aromatic nitrogens is 2. The summed E-state index contributed by atoms with van der Waals surface area (Å²) in [5, 5.41) is 11.0. The maximum Gasteiger partial charge on any atom is 0.343 e. The fourth-order valence-corrected chi connectivity index (χ4v) is 6.50. The summed E-state index contributed by atoms with van der Waals surface area (Å²) in [5.41, 5.74) is 3.01. The summed E-state index contributed by atoms with van der Waals surface area (Å²) >= 11 is 0. The van der Waals surface area contributed by atoms with Gasteiger partial charge in [-0.15, -0.1) is 0 Å². The van der Waals surface area contributed by atoms with Crippen molar-refractivity contribution in [3.05, 3.63) is 118 Å². The lowest BCUT2D eigenvalue weighted by atomic mass is 9.86. The van der Waals surface area contributed by atoms with Gasteiger partial charge in [0.2, 0.25) is 5.16 Å². The molecular weight excluding hydrogens is 538 g/mol. The second kappa shape index (κ2) is 10.9. The number of hydrogen-bond acceptors (Lipinski definition) is 6. The smallest absolute Gasteiger partial charge is 0.343 e. The van der Waals surface area contributed by atoms with Gasteiger partial charge in [0.25, 0.3) is 10.0 Å². The molecule has 3 N–H and O–H groups in total. The molecule has 210 valence electrons. The molecule has 2 heterocycles. The number of fused-ring (bicyclic) bond motifs is 1. The monoisotopic (exact) mass is 569 g/mol. The normalized spacial score (nSPS) is 15.0. The van der Waals surface area contributed by atoms with Gasteiger partial charge in [-0.3, -0.25) is 4.72 Å². The van der Waals surface area contributed by atoms with Crippen LogP contribution >= 0.6 is 0 Å². The molecule has 2 atom stereocenters. The topological polar surface area (TPSA) is 125 Å². The van der Waals surface area contributed by atoms with Crippen LogP contribution in [0.15, 0.2) is 99.3 Å². The molecule has 5 aromatic rings. The van der Waals surface area contributed by atoms with Gasteiger partial charge in [0, 0.05) is 23.6 Å². The Bertz CT molecular complexity index is 1830. The number of rotatable bonds is 10. The highest BCUT2D eigenvalue weighted by molar-refractivity contribution is 7.92. The molecule has 0 saturated heterocycles. The van der Waals surface area contributed by atoms with E-state index in [1.54, 1.807) is 48.5 Å². The van der Waals surface area contributed by atoms with Crippen LogP contribution in [0.25, 0.3) is 11.0 Å².